The maximum Gasteiger partial charge on any atom is 0.209 e. The molecule has 0 saturated carbocycles. The smallest absolute Gasteiger partial charge is 0.209 e. The van der Waals surface area contributed by atoms with Crippen molar-refractivity contribution >= 4 is 15.6 Å². The molecule has 112 valence electrons. The minimum atomic E-state index is -3.35. The van der Waals surface area contributed by atoms with Crippen molar-refractivity contribution in [2.45, 2.75) is 23.8 Å². The molecule has 0 bridgehead atoms. The van der Waals surface area contributed by atoms with E-state index in [0.717, 1.165) is 11.9 Å². The number of benzene rings is 1. The van der Waals surface area contributed by atoms with Gasteiger partial charge in [0.05, 0.1) is 22.6 Å². The number of hydrogen-bond acceptors (Lipinski definition) is 4. The number of carbonyl (C=O) groups is 1. The summed E-state index contributed by atoms with van der Waals surface area (Å²) in [6.45, 7) is 0.632. The highest BCUT2D eigenvalue weighted by molar-refractivity contribution is 7.90. The number of hydrogen-bond donors (Lipinski definition) is 0. The normalized spacial score (nSPS) is 17.0. The Labute approximate surface area is 128 Å². The number of ketones is 1. The largest absolute Gasteiger partial charge is 0.341 e. The molecule has 0 radical (unpaired) electrons. The summed E-state index contributed by atoms with van der Waals surface area (Å²) >= 11 is 0. The van der Waals surface area contributed by atoms with Crippen molar-refractivity contribution in [3.05, 3.63) is 53.3 Å². The topological polar surface area (TPSA) is 79.9 Å². The van der Waals surface area contributed by atoms with Crippen LogP contribution in [0.1, 0.15) is 34.1 Å². The second-order valence-electron chi connectivity index (χ2n) is 5.39. The Morgan fingerprint density at radius 2 is 2.09 bits per heavy atom. The van der Waals surface area contributed by atoms with Crippen LogP contribution in [0, 0.1) is 11.3 Å². The minimum Gasteiger partial charge on any atom is -0.341 e. The third kappa shape index (κ3) is 2.34. The van der Waals surface area contributed by atoms with Crippen LogP contribution in [0.5, 0.6) is 0 Å². The van der Waals surface area contributed by atoms with Gasteiger partial charge >= 0.3 is 0 Å². The molecule has 2 heterocycles. The number of fused-ring (bicyclic) bond motifs is 1. The van der Waals surface area contributed by atoms with Crippen molar-refractivity contribution < 1.29 is 13.2 Å². The quantitative estimate of drug-likeness (QED) is 0.813. The fourth-order valence-electron chi connectivity index (χ4n) is 2.79. The summed E-state index contributed by atoms with van der Waals surface area (Å²) in [4.78, 5) is 12.8. The Kier molecular flexibility index (Phi) is 3.38. The number of sulfone groups is 1. The lowest BCUT2D eigenvalue weighted by Crippen LogP contribution is -2.10. The summed E-state index contributed by atoms with van der Waals surface area (Å²) in [5.41, 5.74) is 1.69. The van der Waals surface area contributed by atoms with Crippen LogP contribution in [0.3, 0.4) is 0 Å². The molecule has 22 heavy (non-hydrogen) atoms. The summed E-state index contributed by atoms with van der Waals surface area (Å²) < 4.78 is 25.1. The fraction of sp³-hybridized carbons (Fsp3) is 0.250. The van der Waals surface area contributed by atoms with E-state index >= 15 is 0 Å². The van der Waals surface area contributed by atoms with E-state index in [1.807, 2.05) is 4.57 Å². The lowest BCUT2D eigenvalue weighted by Gasteiger charge is -2.06. The third-order valence-electron chi connectivity index (χ3n) is 3.93. The van der Waals surface area contributed by atoms with Gasteiger partial charge in [-0.15, -0.1) is 0 Å². The molecule has 0 saturated heterocycles. The summed E-state index contributed by atoms with van der Waals surface area (Å²) in [5.74, 6) is -0.403. The van der Waals surface area contributed by atoms with Crippen LogP contribution in [-0.2, 0) is 16.4 Å². The molecule has 1 aromatic carbocycles. The molecular weight excluding hydrogens is 300 g/mol. The number of carbonyl (C=O) groups excluding carboxylic acids is 1. The van der Waals surface area contributed by atoms with Crippen LogP contribution in [0.2, 0.25) is 0 Å². The predicted molar refractivity (Wildman–Crippen MR) is 80.4 cm³/mol. The lowest BCUT2D eigenvalue weighted by atomic mass is 10.1. The molecule has 1 atom stereocenters. The average molecular weight is 314 g/mol. The van der Waals surface area contributed by atoms with E-state index in [4.69, 9.17) is 5.26 Å². The zero-order valence-electron chi connectivity index (χ0n) is 12.0. The highest BCUT2D eigenvalue weighted by Gasteiger charge is 2.27. The molecule has 1 aliphatic heterocycles. The maximum atomic E-state index is 12.6. The third-order valence-corrected chi connectivity index (χ3v) is 5.04. The molecule has 5 nitrogen and oxygen atoms in total. The summed E-state index contributed by atoms with van der Waals surface area (Å²) in [6.07, 6.45) is 1.82. The van der Waals surface area contributed by atoms with Gasteiger partial charge in [-0.3, -0.25) is 4.79 Å². The zero-order chi connectivity index (χ0) is 15.9. The van der Waals surface area contributed by atoms with Crippen molar-refractivity contribution in [2.24, 2.45) is 0 Å². The summed E-state index contributed by atoms with van der Waals surface area (Å²) in [5, 5.41) is 9.09. The van der Waals surface area contributed by atoms with Gasteiger partial charge in [0.1, 0.15) is 0 Å². The van der Waals surface area contributed by atoms with E-state index in [0.29, 0.717) is 24.2 Å². The van der Waals surface area contributed by atoms with Crippen LogP contribution >= 0.6 is 0 Å². The SMILES string of the molecule is CS(=O)(=O)c1cccc(C(=O)c2ccc3n2CCC3C#N)c1. The van der Waals surface area contributed by atoms with Gasteiger partial charge in [0.25, 0.3) is 0 Å². The van der Waals surface area contributed by atoms with Gasteiger partial charge in [-0.1, -0.05) is 12.1 Å². The molecule has 2 aromatic rings. The van der Waals surface area contributed by atoms with Gasteiger partial charge in [-0.05, 0) is 30.7 Å². The first kappa shape index (κ1) is 14.5. The van der Waals surface area contributed by atoms with Crippen LogP contribution in [0.4, 0.5) is 0 Å². The van der Waals surface area contributed by atoms with E-state index in [1.165, 1.54) is 12.1 Å². The summed E-state index contributed by atoms with van der Waals surface area (Å²) in [7, 11) is -3.35. The van der Waals surface area contributed by atoms with E-state index in [2.05, 4.69) is 6.07 Å². The Bertz CT molecular complexity index is 904. The van der Waals surface area contributed by atoms with Crippen molar-refractivity contribution in [1.82, 2.24) is 4.57 Å². The monoisotopic (exact) mass is 314 g/mol. The molecule has 0 N–H and O–H groups in total. The standard InChI is InChI=1S/C16H14N2O3S/c1-22(20,21)13-4-2-3-11(9-13)16(19)15-6-5-14-12(10-17)7-8-18(14)15/h2-6,9,12H,7-8H2,1H3. The van der Waals surface area contributed by atoms with Crippen LogP contribution in [-0.4, -0.2) is 25.0 Å². The summed E-state index contributed by atoms with van der Waals surface area (Å²) in [6, 6.07) is 11.8. The highest BCUT2D eigenvalue weighted by Crippen LogP contribution is 2.30. The second-order valence-corrected chi connectivity index (χ2v) is 7.41. The zero-order valence-corrected chi connectivity index (χ0v) is 12.8. The number of nitriles is 1. The van der Waals surface area contributed by atoms with E-state index < -0.39 is 9.84 Å². The van der Waals surface area contributed by atoms with Crippen molar-refractivity contribution in [1.29, 1.82) is 5.26 Å². The average Bonchev–Trinajstić information content (AvgIpc) is 3.07. The van der Waals surface area contributed by atoms with Gasteiger partial charge in [0.15, 0.2) is 9.84 Å². The van der Waals surface area contributed by atoms with E-state index in [9.17, 15) is 13.2 Å². The lowest BCUT2D eigenvalue weighted by molar-refractivity contribution is 0.103. The molecule has 6 heteroatoms. The van der Waals surface area contributed by atoms with Crippen molar-refractivity contribution in [3.63, 3.8) is 0 Å². The van der Waals surface area contributed by atoms with Crippen LogP contribution < -0.4 is 0 Å². The van der Waals surface area contributed by atoms with Crippen LogP contribution in [0.15, 0.2) is 41.3 Å². The Hall–Kier alpha value is -2.39. The Balaban J connectivity index is 2.02. The second kappa shape index (κ2) is 5.11. The number of nitrogens with zero attached hydrogens (tertiary/aromatic N) is 2. The van der Waals surface area contributed by atoms with Crippen molar-refractivity contribution in [3.8, 4) is 6.07 Å². The van der Waals surface area contributed by atoms with Gasteiger partial charge in [-0.25, -0.2) is 8.42 Å². The minimum absolute atomic E-state index is 0.126. The highest BCUT2D eigenvalue weighted by atomic mass is 32.2. The molecule has 0 amide bonds. The molecule has 0 spiro atoms. The predicted octanol–water partition coefficient (Wildman–Crippen LogP) is 2.13. The number of aromatic nitrogens is 1. The molecule has 0 aliphatic carbocycles. The van der Waals surface area contributed by atoms with Gasteiger partial charge in [0, 0.05) is 24.1 Å². The first-order valence-corrected chi connectivity index (χ1v) is 8.75. The first-order valence-electron chi connectivity index (χ1n) is 6.85. The number of rotatable bonds is 3. The van der Waals surface area contributed by atoms with E-state index in [1.54, 1.807) is 24.3 Å². The Morgan fingerprint density at radius 3 is 2.77 bits per heavy atom. The van der Waals surface area contributed by atoms with Crippen LogP contribution in [0.25, 0.3) is 0 Å². The maximum absolute atomic E-state index is 12.6. The molecule has 1 aromatic heterocycles. The molecule has 3 rings (SSSR count). The first-order chi connectivity index (χ1) is 10.4. The Morgan fingerprint density at radius 1 is 1.32 bits per heavy atom. The fourth-order valence-corrected chi connectivity index (χ4v) is 3.45. The van der Waals surface area contributed by atoms with Gasteiger partial charge in [0.2, 0.25) is 5.78 Å². The molecular formula is C16H14N2O3S. The molecule has 0 fully saturated rings. The van der Waals surface area contributed by atoms with Gasteiger partial charge < -0.3 is 4.57 Å². The molecule has 1 unspecified atom stereocenters. The van der Waals surface area contributed by atoms with Gasteiger partial charge in [-0.2, -0.15) is 5.26 Å². The van der Waals surface area contributed by atoms with Crippen molar-refractivity contribution in [2.75, 3.05) is 6.26 Å². The molecule has 1 aliphatic rings. The van der Waals surface area contributed by atoms with E-state index in [-0.39, 0.29) is 16.6 Å².